The van der Waals surface area contributed by atoms with Crippen LogP contribution < -0.4 is 0 Å². The third kappa shape index (κ3) is 6.56. The Balaban J connectivity index is 1.18. The second kappa shape index (κ2) is 17.5. The van der Waals surface area contributed by atoms with E-state index >= 15 is 0 Å². The van der Waals surface area contributed by atoms with Crippen LogP contribution in [0.3, 0.4) is 0 Å². The number of fused-ring (bicyclic) bond motifs is 15. The molecule has 0 aliphatic carbocycles. The molecule has 8 heteroatoms. The quantitative estimate of drug-likeness (QED) is 0.167. The van der Waals surface area contributed by atoms with Crippen molar-refractivity contribution in [2.75, 3.05) is 0 Å². The SMILES string of the molecule is Cc1ccc2c(c1)c1ccccc1n2-c1c(C#N)c(-n2c3ccccc3c3cc(C)ccc32)c(-n2c3ccccc3c3cc(C)ccc32)c(-c2ccc(-n3c4ccncc4c4cnccc43)cc2)c1-n1c2ccccc2c2cc(C)ccc21. The largest absolute Gasteiger partial charge is 0.309 e. The number of nitriles is 1. The van der Waals surface area contributed by atoms with Gasteiger partial charge in [0, 0.05) is 89.9 Å². The first-order chi connectivity index (χ1) is 40.8. The Labute approximate surface area is 476 Å². The molecule has 17 aromatic rings. The molecule has 0 aliphatic heterocycles. The highest BCUT2D eigenvalue weighted by molar-refractivity contribution is 6.18. The van der Waals surface area contributed by atoms with E-state index in [0.717, 1.165) is 160 Å². The van der Waals surface area contributed by atoms with E-state index in [2.05, 4.69) is 273 Å². The smallest absolute Gasteiger partial charge is 0.104 e. The van der Waals surface area contributed by atoms with Crippen molar-refractivity contribution >= 4 is 109 Å². The van der Waals surface area contributed by atoms with Gasteiger partial charge in [0.15, 0.2) is 0 Å². The summed E-state index contributed by atoms with van der Waals surface area (Å²) in [5.74, 6) is 0. The molecule has 7 heterocycles. The van der Waals surface area contributed by atoms with Crippen LogP contribution in [0.4, 0.5) is 0 Å². The molecule has 0 aliphatic rings. The lowest BCUT2D eigenvalue weighted by atomic mass is 9.93. The molecule has 0 unspecified atom stereocenters. The minimum atomic E-state index is 0.533. The normalized spacial score (nSPS) is 12.1. The van der Waals surface area contributed by atoms with Crippen molar-refractivity contribution in [3.63, 3.8) is 0 Å². The standard InChI is InChI=1S/C75H50N8/c1-44-21-29-65-54(37-44)50-13-5-9-17-61(50)80(65)72-58(41-76)73(81-62-18-10-6-14-51(62)55-38-45(2)22-30-66(55)81)75(83-64-20-12-8-16-53(64)57-40-47(4)24-32-68(57)83)71(74(72)82-63-19-11-7-15-52(63)56-39-46(3)23-31-67(56)82)48-25-27-49(28-26-48)79-69-33-35-77-42-59(69)60-43-78-36-34-70(60)79/h5-40,42-43H,1-4H3. The van der Waals surface area contributed by atoms with E-state index in [1.165, 1.54) is 11.1 Å². The van der Waals surface area contributed by atoms with Gasteiger partial charge in [0.1, 0.15) is 11.6 Å². The number of hydrogen-bond acceptors (Lipinski definition) is 3. The van der Waals surface area contributed by atoms with Crippen molar-refractivity contribution < 1.29 is 0 Å². The van der Waals surface area contributed by atoms with Gasteiger partial charge >= 0.3 is 0 Å². The molecule has 0 spiro atoms. The fourth-order valence-electron chi connectivity index (χ4n) is 14.0. The second-order valence-electron chi connectivity index (χ2n) is 22.4. The molecule has 83 heavy (non-hydrogen) atoms. The van der Waals surface area contributed by atoms with Gasteiger partial charge in [-0.05, 0) is 130 Å². The highest BCUT2D eigenvalue weighted by Crippen LogP contribution is 2.52. The molecular formula is C75H50N8. The number of aryl methyl sites for hydroxylation is 4. The van der Waals surface area contributed by atoms with E-state index < -0.39 is 0 Å². The van der Waals surface area contributed by atoms with Crippen LogP contribution in [0.1, 0.15) is 27.8 Å². The molecule has 7 aromatic heterocycles. The molecule has 0 amide bonds. The zero-order chi connectivity index (χ0) is 55.4. The van der Waals surface area contributed by atoms with Crippen molar-refractivity contribution in [2.24, 2.45) is 0 Å². The van der Waals surface area contributed by atoms with Gasteiger partial charge < -0.3 is 22.8 Å². The summed E-state index contributed by atoms with van der Waals surface area (Å²) >= 11 is 0. The summed E-state index contributed by atoms with van der Waals surface area (Å²) in [5, 5.41) is 24.1. The Kier molecular flexibility index (Phi) is 9.88. The Hall–Kier alpha value is -11.0. The molecule has 0 saturated heterocycles. The Morgan fingerprint density at radius 2 is 0.614 bits per heavy atom. The summed E-state index contributed by atoms with van der Waals surface area (Å²) in [6, 6.07) is 78.6. The number of hydrogen-bond donors (Lipinski definition) is 0. The van der Waals surface area contributed by atoms with Gasteiger partial charge in [0.2, 0.25) is 0 Å². The van der Waals surface area contributed by atoms with E-state index in [-0.39, 0.29) is 0 Å². The molecule has 10 aromatic carbocycles. The first kappa shape index (κ1) is 46.9. The van der Waals surface area contributed by atoms with E-state index in [1.54, 1.807) is 0 Å². The maximum absolute atomic E-state index is 13.0. The van der Waals surface area contributed by atoms with Crippen LogP contribution in [-0.2, 0) is 0 Å². The summed E-state index contributed by atoms with van der Waals surface area (Å²) < 4.78 is 12.1. The summed E-state index contributed by atoms with van der Waals surface area (Å²) in [6.45, 7) is 8.67. The number of para-hydroxylation sites is 4. The molecule has 0 N–H and O–H groups in total. The second-order valence-corrected chi connectivity index (χ2v) is 22.4. The number of benzene rings is 10. The molecule has 0 fully saturated rings. The summed E-state index contributed by atoms with van der Waals surface area (Å²) in [4.78, 5) is 9.14. The number of aromatic nitrogens is 7. The van der Waals surface area contributed by atoms with Crippen LogP contribution >= 0.6 is 0 Å². The average molecular weight is 1060 g/mol. The van der Waals surface area contributed by atoms with Gasteiger partial charge in [-0.3, -0.25) is 9.97 Å². The number of rotatable bonds is 6. The van der Waals surface area contributed by atoms with E-state index in [4.69, 9.17) is 0 Å². The van der Waals surface area contributed by atoms with Crippen LogP contribution in [0.15, 0.2) is 231 Å². The van der Waals surface area contributed by atoms with Crippen LogP contribution in [0.5, 0.6) is 0 Å². The molecule has 0 saturated carbocycles. The topological polar surface area (TPSA) is 74.2 Å². The Bertz CT molecular complexity index is 5370. The molecule has 0 radical (unpaired) electrons. The average Bonchev–Trinajstić information content (AvgIpc) is 2.09. The maximum atomic E-state index is 13.0. The molecule has 390 valence electrons. The molecule has 0 atom stereocenters. The van der Waals surface area contributed by atoms with Gasteiger partial charge in [0.05, 0.1) is 77.9 Å². The Morgan fingerprint density at radius 3 is 0.964 bits per heavy atom. The van der Waals surface area contributed by atoms with Gasteiger partial charge in [-0.1, -0.05) is 131 Å². The van der Waals surface area contributed by atoms with Crippen LogP contribution in [0.25, 0.3) is 149 Å². The van der Waals surface area contributed by atoms with E-state index in [9.17, 15) is 5.26 Å². The fraction of sp³-hybridized carbons (Fsp3) is 0.0533. The maximum Gasteiger partial charge on any atom is 0.104 e. The summed E-state index contributed by atoms with van der Waals surface area (Å²) in [7, 11) is 0. The highest BCUT2D eigenvalue weighted by Gasteiger charge is 2.35. The van der Waals surface area contributed by atoms with Gasteiger partial charge in [0.25, 0.3) is 0 Å². The van der Waals surface area contributed by atoms with Gasteiger partial charge in [-0.25, -0.2) is 0 Å². The highest BCUT2D eigenvalue weighted by atomic mass is 15.1. The predicted octanol–water partition coefficient (Wildman–Crippen LogP) is 18.7. The summed E-state index contributed by atoms with van der Waals surface area (Å²) in [6.07, 6.45) is 7.61. The lowest BCUT2D eigenvalue weighted by Crippen LogP contribution is -2.16. The third-order valence-electron chi connectivity index (χ3n) is 17.5. The zero-order valence-electron chi connectivity index (χ0n) is 46.0. The predicted molar refractivity (Wildman–Crippen MR) is 343 cm³/mol. The van der Waals surface area contributed by atoms with Gasteiger partial charge in [-0.15, -0.1) is 0 Å². The van der Waals surface area contributed by atoms with Crippen LogP contribution in [-0.4, -0.2) is 32.8 Å². The minimum Gasteiger partial charge on any atom is -0.309 e. The number of nitrogens with zero attached hydrogens (tertiary/aromatic N) is 8. The van der Waals surface area contributed by atoms with Crippen molar-refractivity contribution in [1.82, 2.24) is 32.8 Å². The third-order valence-corrected chi connectivity index (χ3v) is 17.5. The monoisotopic (exact) mass is 1060 g/mol. The lowest BCUT2D eigenvalue weighted by Gasteiger charge is -2.29. The molecular weight excluding hydrogens is 1010 g/mol. The molecule has 0 bridgehead atoms. The Morgan fingerprint density at radius 1 is 0.301 bits per heavy atom. The zero-order valence-corrected chi connectivity index (χ0v) is 46.0. The van der Waals surface area contributed by atoms with Crippen molar-refractivity contribution in [3.8, 4) is 45.6 Å². The van der Waals surface area contributed by atoms with E-state index in [1.807, 2.05) is 24.8 Å². The van der Waals surface area contributed by atoms with E-state index in [0.29, 0.717) is 5.56 Å². The van der Waals surface area contributed by atoms with Crippen molar-refractivity contribution in [2.45, 2.75) is 27.7 Å². The summed E-state index contributed by atoms with van der Waals surface area (Å²) in [5.41, 5.74) is 21.7. The fourth-order valence-corrected chi connectivity index (χ4v) is 14.0. The van der Waals surface area contributed by atoms with Crippen molar-refractivity contribution in [3.05, 3.63) is 259 Å². The first-order valence-corrected chi connectivity index (χ1v) is 28.3. The van der Waals surface area contributed by atoms with Crippen LogP contribution in [0.2, 0.25) is 0 Å². The van der Waals surface area contributed by atoms with Crippen LogP contribution in [0, 0.1) is 39.0 Å². The molecule has 17 rings (SSSR count). The van der Waals surface area contributed by atoms with Crippen molar-refractivity contribution in [1.29, 1.82) is 5.26 Å². The molecule has 8 nitrogen and oxygen atoms in total. The minimum absolute atomic E-state index is 0.533. The van der Waals surface area contributed by atoms with Gasteiger partial charge in [-0.2, -0.15) is 5.26 Å². The number of pyridine rings is 2. The first-order valence-electron chi connectivity index (χ1n) is 28.3. The lowest BCUT2D eigenvalue weighted by molar-refractivity contribution is 1.04.